The van der Waals surface area contributed by atoms with Crippen LogP contribution in [0.4, 0.5) is 17.1 Å². The summed E-state index contributed by atoms with van der Waals surface area (Å²) in [6.45, 7) is 3.37. The number of ether oxygens (including phenoxy) is 2. The van der Waals surface area contributed by atoms with Gasteiger partial charge in [0.05, 0.1) is 25.1 Å². The van der Waals surface area contributed by atoms with E-state index in [9.17, 15) is 9.59 Å². The molecule has 0 atom stereocenters. The van der Waals surface area contributed by atoms with Crippen molar-refractivity contribution in [2.24, 2.45) is 0 Å². The van der Waals surface area contributed by atoms with Gasteiger partial charge in [0.1, 0.15) is 23.1 Å². The molecule has 27 heavy (non-hydrogen) atoms. The number of methoxy groups -OCH3 is 1. The van der Waals surface area contributed by atoms with Crippen molar-refractivity contribution >= 4 is 28.9 Å². The number of hydrogen-bond acceptors (Lipinski definition) is 7. The molecule has 1 aromatic heterocycles. The van der Waals surface area contributed by atoms with Crippen molar-refractivity contribution in [2.45, 2.75) is 13.8 Å². The van der Waals surface area contributed by atoms with Crippen molar-refractivity contribution in [1.29, 1.82) is 5.26 Å². The zero-order valence-electron chi connectivity index (χ0n) is 15.1. The summed E-state index contributed by atoms with van der Waals surface area (Å²) in [5, 5.41) is 14.4. The Hall–Kier alpha value is -3.80. The Morgan fingerprint density at radius 3 is 2.63 bits per heavy atom. The van der Waals surface area contributed by atoms with Gasteiger partial charge in [0, 0.05) is 12.6 Å². The highest BCUT2D eigenvalue weighted by Crippen LogP contribution is 2.29. The molecule has 0 fully saturated rings. The van der Waals surface area contributed by atoms with Gasteiger partial charge < -0.3 is 25.8 Å². The average molecular weight is 369 g/mol. The highest BCUT2D eigenvalue weighted by atomic mass is 16.5. The molecule has 2 rings (SSSR count). The summed E-state index contributed by atoms with van der Waals surface area (Å²) in [4.78, 5) is 27.9. The van der Waals surface area contributed by atoms with Gasteiger partial charge in [-0.25, -0.2) is 4.98 Å². The van der Waals surface area contributed by atoms with Gasteiger partial charge in [-0.05, 0) is 31.2 Å². The van der Waals surface area contributed by atoms with Crippen LogP contribution in [0.5, 0.6) is 11.6 Å². The Morgan fingerprint density at radius 1 is 1.30 bits per heavy atom. The highest BCUT2D eigenvalue weighted by Gasteiger charge is 2.18. The van der Waals surface area contributed by atoms with E-state index in [2.05, 4.69) is 15.6 Å². The van der Waals surface area contributed by atoms with Crippen molar-refractivity contribution in [3.8, 4) is 17.7 Å². The number of aromatic nitrogens is 1. The number of nitriles is 1. The van der Waals surface area contributed by atoms with Crippen molar-refractivity contribution < 1.29 is 19.1 Å². The number of nitrogen functional groups attached to an aromatic ring is 1. The fraction of sp³-hybridized carbons (Fsp3) is 0.222. The number of anilines is 3. The van der Waals surface area contributed by atoms with Crippen molar-refractivity contribution in [3.05, 3.63) is 35.5 Å². The van der Waals surface area contributed by atoms with Crippen LogP contribution < -0.4 is 25.8 Å². The van der Waals surface area contributed by atoms with E-state index in [0.717, 1.165) is 0 Å². The van der Waals surface area contributed by atoms with Crippen LogP contribution >= 0.6 is 0 Å². The van der Waals surface area contributed by atoms with Gasteiger partial charge in [0.25, 0.3) is 5.91 Å². The summed E-state index contributed by atoms with van der Waals surface area (Å²) >= 11 is 0. The minimum Gasteiger partial charge on any atom is -0.495 e. The van der Waals surface area contributed by atoms with Gasteiger partial charge in [-0.2, -0.15) is 5.26 Å². The lowest BCUT2D eigenvalue weighted by Gasteiger charge is -2.13. The lowest BCUT2D eigenvalue weighted by molar-refractivity contribution is -0.114. The molecule has 0 aliphatic rings. The van der Waals surface area contributed by atoms with Gasteiger partial charge >= 0.3 is 0 Å². The monoisotopic (exact) mass is 369 g/mol. The van der Waals surface area contributed by atoms with E-state index in [0.29, 0.717) is 17.1 Å². The van der Waals surface area contributed by atoms with Crippen LogP contribution in [0.2, 0.25) is 0 Å². The molecule has 140 valence electrons. The Labute approximate surface area is 156 Å². The predicted octanol–water partition coefficient (Wildman–Crippen LogP) is 2.15. The molecule has 0 bridgehead atoms. The molecule has 2 aromatic rings. The first-order chi connectivity index (χ1) is 12.9. The second-order valence-corrected chi connectivity index (χ2v) is 5.37. The number of nitrogens with one attached hydrogen (secondary N) is 2. The van der Waals surface area contributed by atoms with Gasteiger partial charge in [-0.15, -0.1) is 0 Å². The standard InChI is InChI=1S/C18H19N5O4/c1-4-27-18-12(9-19)13(20)8-15(23-18)17(25)22-14-7-11(21-10(2)24)5-6-16(14)26-3/h5-8H,4H2,1-3H3,(H2,20,23)(H,21,24)(H,22,25). The highest BCUT2D eigenvalue weighted by molar-refractivity contribution is 6.05. The zero-order valence-corrected chi connectivity index (χ0v) is 15.1. The van der Waals surface area contributed by atoms with E-state index in [4.69, 9.17) is 20.5 Å². The normalized spacial score (nSPS) is 9.85. The van der Waals surface area contributed by atoms with Crippen LogP contribution in [0.15, 0.2) is 24.3 Å². The Balaban J connectivity index is 2.37. The summed E-state index contributed by atoms with van der Waals surface area (Å²) in [7, 11) is 1.45. The average Bonchev–Trinajstić information content (AvgIpc) is 2.61. The fourth-order valence-corrected chi connectivity index (χ4v) is 2.28. The topological polar surface area (TPSA) is 139 Å². The van der Waals surface area contributed by atoms with E-state index < -0.39 is 5.91 Å². The molecule has 2 amide bonds. The third-order valence-electron chi connectivity index (χ3n) is 3.41. The number of nitrogens with two attached hydrogens (primary N) is 1. The lowest BCUT2D eigenvalue weighted by Crippen LogP contribution is -2.16. The number of amides is 2. The fourth-order valence-electron chi connectivity index (χ4n) is 2.28. The zero-order chi connectivity index (χ0) is 20.0. The molecular formula is C18H19N5O4. The predicted molar refractivity (Wildman–Crippen MR) is 99.8 cm³/mol. The first kappa shape index (κ1) is 19.5. The van der Waals surface area contributed by atoms with Crippen LogP contribution in [-0.2, 0) is 4.79 Å². The number of pyridine rings is 1. The number of rotatable bonds is 6. The third kappa shape index (κ3) is 4.64. The molecule has 0 aliphatic carbocycles. The molecule has 0 radical (unpaired) electrons. The van der Waals surface area contributed by atoms with Gasteiger partial charge in [0.15, 0.2) is 0 Å². The number of nitrogens with zero attached hydrogens (tertiary/aromatic N) is 2. The van der Waals surface area contributed by atoms with Gasteiger partial charge in [-0.3, -0.25) is 9.59 Å². The van der Waals surface area contributed by atoms with Crippen LogP contribution in [0, 0.1) is 11.3 Å². The van der Waals surface area contributed by atoms with Crippen molar-refractivity contribution in [1.82, 2.24) is 4.98 Å². The summed E-state index contributed by atoms with van der Waals surface area (Å²) < 4.78 is 10.5. The van der Waals surface area contributed by atoms with Crippen LogP contribution in [0.3, 0.4) is 0 Å². The summed E-state index contributed by atoms with van der Waals surface area (Å²) in [5.41, 5.74) is 6.78. The van der Waals surface area contributed by atoms with E-state index >= 15 is 0 Å². The molecule has 1 heterocycles. The van der Waals surface area contributed by atoms with Gasteiger partial charge in [-0.1, -0.05) is 0 Å². The molecule has 0 unspecified atom stereocenters. The van der Waals surface area contributed by atoms with Crippen LogP contribution in [0.1, 0.15) is 29.9 Å². The van der Waals surface area contributed by atoms with Crippen LogP contribution in [0.25, 0.3) is 0 Å². The first-order valence-corrected chi connectivity index (χ1v) is 8.00. The maximum Gasteiger partial charge on any atom is 0.274 e. The van der Waals surface area contributed by atoms with Gasteiger partial charge in [0.2, 0.25) is 11.8 Å². The van der Waals surface area contributed by atoms with E-state index in [1.165, 1.54) is 20.1 Å². The molecule has 4 N–H and O–H groups in total. The number of benzene rings is 1. The summed E-state index contributed by atoms with van der Waals surface area (Å²) in [5.74, 6) is -0.445. The molecule has 0 saturated heterocycles. The minimum absolute atomic E-state index is 0.0101. The smallest absolute Gasteiger partial charge is 0.274 e. The molecule has 1 aromatic carbocycles. The molecule has 0 aliphatic heterocycles. The third-order valence-corrected chi connectivity index (χ3v) is 3.41. The molecular weight excluding hydrogens is 350 g/mol. The largest absolute Gasteiger partial charge is 0.495 e. The summed E-state index contributed by atoms with van der Waals surface area (Å²) in [6.07, 6.45) is 0. The number of hydrogen-bond donors (Lipinski definition) is 3. The SMILES string of the molecule is CCOc1nc(C(=O)Nc2cc(NC(C)=O)ccc2OC)cc(N)c1C#N. The van der Waals surface area contributed by atoms with Crippen LogP contribution in [-0.4, -0.2) is 30.5 Å². The quantitative estimate of drug-likeness (QED) is 0.709. The molecule has 9 nitrogen and oxygen atoms in total. The Morgan fingerprint density at radius 2 is 2.04 bits per heavy atom. The molecule has 0 spiro atoms. The van der Waals surface area contributed by atoms with E-state index in [1.54, 1.807) is 25.1 Å². The second-order valence-electron chi connectivity index (χ2n) is 5.37. The Kier molecular flexibility index (Phi) is 6.17. The van der Waals surface area contributed by atoms with E-state index in [1.807, 2.05) is 6.07 Å². The Bertz CT molecular complexity index is 921. The van der Waals surface area contributed by atoms with E-state index in [-0.39, 0.29) is 35.3 Å². The molecule has 0 saturated carbocycles. The van der Waals surface area contributed by atoms with Crippen molar-refractivity contribution in [3.63, 3.8) is 0 Å². The maximum atomic E-state index is 12.6. The maximum absolute atomic E-state index is 12.6. The second kappa shape index (κ2) is 8.53. The lowest BCUT2D eigenvalue weighted by atomic mass is 10.2. The minimum atomic E-state index is -0.578. The summed E-state index contributed by atoms with van der Waals surface area (Å²) in [6, 6.07) is 7.99. The number of carbonyl (C=O) groups excluding carboxylic acids is 2. The number of carbonyl (C=O) groups is 2. The first-order valence-electron chi connectivity index (χ1n) is 8.00. The van der Waals surface area contributed by atoms with Crippen molar-refractivity contribution in [2.75, 3.05) is 30.1 Å². The molecule has 9 heteroatoms.